The van der Waals surface area contributed by atoms with Crippen molar-refractivity contribution in [2.45, 2.75) is 43.7 Å². The third kappa shape index (κ3) is 2.93. The van der Waals surface area contributed by atoms with E-state index in [-0.39, 0.29) is 17.1 Å². The second kappa shape index (κ2) is 5.91. The Balaban J connectivity index is 1.75. The summed E-state index contributed by atoms with van der Waals surface area (Å²) in [5.41, 5.74) is 1.46. The van der Waals surface area contributed by atoms with Crippen LogP contribution in [0, 0.1) is 0 Å². The van der Waals surface area contributed by atoms with Gasteiger partial charge in [-0.25, -0.2) is 4.68 Å². The zero-order chi connectivity index (χ0) is 17.6. The molecule has 2 aromatic heterocycles. The van der Waals surface area contributed by atoms with E-state index in [4.69, 9.17) is 0 Å². The molecule has 0 bridgehead atoms. The molecule has 0 spiro atoms. The molecule has 2 N–H and O–H groups in total. The number of hydrogen-bond acceptors (Lipinski definition) is 5. The molecule has 3 heterocycles. The van der Waals surface area contributed by atoms with Crippen molar-refractivity contribution in [1.29, 1.82) is 0 Å². The molecule has 6 nitrogen and oxygen atoms in total. The van der Waals surface area contributed by atoms with Crippen LogP contribution in [0.2, 0.25) is 0 Å². The minimum absolute atomic E-state index is 0.143. The summed E-state index contributed by atoms with van der Waals surface area (Å²) < 4.78 is 1.80. The number of fused-ring (bicyclic) bond motifs is 2. The molecule has 0 radical (unpaired) electrons. The first-order valence-corrected chi connectivity index (χ1v) is 9.39. The third-order valence-electron chi connectivity index (χ3n) is 4.34. The maximum Gasteiger partial charge on any atom is 0.263 e. The Bertz CT molecular complexity index is 985. The van der Waals surface area contributed by atoms with Crippen LogP contribution in [0.1, 0.15) is 38.8 Å². The molecular formula is C18H21N5OS. The Morgan fingerprint density at radius 1 is 1.32 bits per heavy atom. The Hall–Kier alpha value is -2.28. The minimum atomic E-state index is -0.242. The molecule has 1 aliphatic heterocycles. The molecular weight excluding hydrogens is 334 g/mol. The standard InChI is InChI=1S/C18H21N5OS/c1-18(2,3)23-15-12(10-19-23)16(24)22-17(21-15)20-13-8-9-25-14-7-5-4-6-11(13)14/h4-7,10,13H,8-9H2,1-3H3,(H2,20,21,22,24). The zero-order valence-corrected chi connectivity index (χ0v) is 15.4. The number of nitrogens with one attached hydrogen (secondary N) is 2. The number of H-pyrrole nitrogens is 1. The summed E-state index contributed by atoms with van der Waals surface area (Å²) in [4.78, 5) is 21.2. The lowest BCUT2D eigenvalue weighted by Crippen LogP contribution is -2.25. The van der Waals surface area contributed by atoms with Crippen LogP contribution in [0.5, 0.6) is 0 Å². The molecule has 130 valence electrons. The lowest BCUT2D eigenvalue weighted by molar-refractivity contribution is 0.366. The number of aromatic nitrogens is 4. The van der Waals surface area contributed by atoms with E-state index in [1.165, 1.54) is 10.5 Å². The molecule has 25 heavy (non-hydrogen) atoms. The first-order valence-electron chi connectivity index (χ1n) is 8.40. The van der Waals surface area contributed by atoms with Gasteiger partial charge >= 0.3 is 0 Å². The maximum atomic E-state index is 12.4. The maximum absolute atomic E-state index is 12.4. The van der Waals surface area contributed by atoms with Crippen molar-refractivity contribution in [3.05, 3.63) is 46.4 Å². The highest BCUT2D eigenvalue weighted by atomic mass is 32.2. The molecule has 0 aliphatic carbocycles. The van der Waals surface area contributed by atoms with Gasteiger partial charge in [0.1, 0.15) is 5.39 Å². The lowest BCUT2D eigenvalue weighted by atomic mass is 10.0. The molecule has 7 heteroatoms. The van der Waals surface area contributed by atoms with Crippen molar-refractivity contribution in [2.75, 3.05) is 11.1 Å². The van der Waals surface area contributed by atoms with Crippen LogP contribution in [0.4, 0.5) is 5.95 Å². The number of aromatic amines is 1. The highest BCUT2D eigenvalue weighted by Crippen LogP contribution is 2.37. The second-order valence-electron chi connectivity index (χ2n) is 7.25. The number of hydrogen-bond donors (Lipinski definition) is 2. The topological polar surface area (TPSA) is 75.6 Å². The monoisotopic (exact) mass is 355 g/mol. The Labute approximate surface area is 150 Å². The van der Waals surface area contributed by atoms with E-state index < -0.39 is 0 Å². The van der Waals surface area contributed by atoms with E-state index in [0.717, 1.165) is 12.2 Å². The fraction of sp³-hybridized carbons (Fsp3) is 0.389. The highest BCUT2D eigenvalue weighted by molar-refractivity contribution is 7.99. The number of anilines is 1. The van der Waals surface area contributed by atoms with Gasteiger partial charge in [0.15, 0.2) is 5.65 Å². The first-order chi connectivity index (χ1) is 11.9. The van der Waals surface area contributed by atoms with Crippen molar-refractivity contribution >= 4 is 28.7 Å². The number of nitrogens with zero attached hydrogens (tertiary/aromatic N) is 3. The normalized spacial score (nSPS) is 17.5. The van der Waals surface area contributed by atoms with Gasteiger partial charge in [-0.15, -0.1) is 11.8 Å². The Morgan fingerprint density at radius 2 is 2.12 bits per heavy atom. The summed E-state index contributed by atoms with van der Waals surface area (Å²) in [6, 6.07) is 8.52. The van der Waals surface area contributed by atoms with E-state index in [9.17, 15) is 4.79 Å². The summed E-state index contributed by atoms with van der Waals surface area (Å²) in [6.07, 6.45) is 2.57. The molecule has 0 fully saturated rings. The van der Waals surface area contributed by atoms with Crippen LogP contribution in [0.15, 0.2) is 40.2 Å². The fourth-order valence-corrected chi connectivity index (χ4v) is 4.26. The van der Waals surface area contributed by atoms with Crippen LogP contribution < -0.4 is 10.9 Å². The van der Waals surface area contributed by atoms with Crippen molar-refractivity contribution in [3.8, 4) is 0 Å². The van der Waals surface area contributed by atoms with Gasteiger partial charge in [0.25, 0.3) is 5.56 Å². The minimum Gasteiger partial charge on any atom is -0.349 e. The van der Waals surface area contributed by atoms with Crippen molar-refractivity contribution in [3.63, 3.8) is 0 Å². The Morgan fingerprint density at radius 3 is 2.92 bits per heavy atom. The lowest BCUT2D eigenvalue weighted by Gasteiger charge is -2.26. The number of rotatable bonds is 2. The van der Waals surface area contributed by atoms with Crippen LogP contribution in [-0.2, 0) is 5.54 Å². The van der Waals surface area contributed by atoms with E-state index in [1.807, 2.05) is 38.6 Å². The summed E-state index contributed by atoms with van der Waals surface area (Å²) in [5, 5.41) is 8.29. The molecule has 1 aromatic carbocycles. The molecule has 4 rings (SSSR count). The van der Waals surface area contributed by atoms with E-state index in [1.54, 1.807) is 10.9 Å². The molecule has 1 unspecified atom stereocenters. The molecule has 1 aliphatic rings. The van der Waals surface area contributed by atoms with Gasteiger partial charge in [-0.2, -0.15) is 10.1 Å². The average Bonchev–Trinajstić information content (AvgIpc) is 3.00. The van der Waals surface area contributed by atoms with Gasteiger partial charge in [0, 0.05) is 10.6 Å². The quantitative estimate of drug-likeness (QED) is 0.735. The van der Waals surface area contributed by atoms with Crippen molar-refractivity contribution in [2.24, 2.45) is 0 Å². The zero-order valence-electron chi connectivity index (χ0n) is 14.5. The van der Waals surface area contributed by atoms with Gasteiger partial charge in [-0.3, -0.25) is 9.78 Å². The number of thioether (sulfide) groups is 1. The first kappa shape index (κ1) is 16.2. The molecule has 0 saturated carbocycles. The van der Waals surface area contributed by atoms with Gasteiger partial charge in [0.05, 0.1) is 17.8 Å². The fourth-order valence-electron chi connectivity index (χ4n) is 3.13. The average molecular weight is 355 g/mol. The molecule has 0 amide bonds. The summed E-state index contributed by atoms with van der Waals surface area (Å²) in [5.74, 6) is 1.54. The van der Waals surface area contributed by atoms with Gasteiger partial charge in [-0.05, 0) is 38.8 Å². The summed E-state index contributed by atoms with van der Waals surface area (Å²) in [6.45, 7) is 6.14. The van der Waals surface area contributed by atoms with Gasteiger partial charge < -0.3 is 5.32 Å². The van der Waals surface area contributed by atoms with E-state index in [2.05, 4.69) is 38.6 Å². The molecule has 3 aromatic rings. The van der Waals surface area contributed by atoms with Gasteiger partial charge in [0.2, 0.25) is 5.95 Å². The second-order valence-corrected chi connectivity index (χ2v) is 8.39. The largest absolute Gasteiger partial charge is 0.349 e. The smallest absolute Gasteiger partial charge is 0.263 e. The summed E-state index contributed by atoms with van der Waals surface area (Å²) >= 11 is 1.87. The van der Waals surface area contributed by atoms with Crippen molar-refractivity contribution in [1.82, 2.24) is 19.7 Å². The number of benzene rings is 1. The van der Waals surface area contributed by atoms with E-state index >= 15 is 0 Å². The SMILES string of the molecule is CC(C)(C)n1ncc2c(=O)[nH]c(NC3CCSc4ccccc43)nc21. The van der Waals surface area contributed by atoms with Crippen LogP contribution in [-0.4, -0.2) is 25.5 Å². The highest BCUT2D eigenvalue weighted by Gasteiger charge is 2.23. The predicted molar refractivity (Wildman–Crippen MR) is 101 cm³/mol. The van der Waals surface area contributed by atoms with E-state index in [0.29, 0.717) is 17.0 Å². The third-order valence-corrected chi connectivity index (χ3v) is 5.47. The van der Waals surface area contributed by atoms with Crippen LogP contribution in [0.3, 0.4) is 0 Å². The predicted octanol–water partition coefficient (Wildman–Crippen LogP) is 3.52. The van der Waals surface area contributed by atoms with Crippen molar-refractivity contribution < 1.29 is 0 Å². The van der Waals surface area contributed by atoms with Crippen LogP contribution in [0.25, 0.3) is 11.0 Å². The molecule has 0 saturated heterocycles. The van der Waals surface area contributed by atoms with Crippen LogP contribution >= 0.6 is 11.8 Å². The summed E-state index contributed by atoms with van der Waals surface area (Å²) in [7, 11) is 0. The Kier molecular flexibility index (Phi) is 3.83. The molecule has 1 atom stereocenters. The van der Waals surface area contributed by atoms with Gasteiger partial charge in [-0.1, -0.05) is 18.2 Å².